The van der Waals surface area contributed by atoms with Gasteiger partial charge in [-0.15, -0.1) is 0 Å². The van der Waals surface area contributed by atoms with Crippen molar-refractivity contribution in [1.82, 2.24) is 10.6 Å². The molecule has 0 radical (unpaired) electrons. The van der Waals surface area contributed by atoms with E-state index in [4.69, 9.17) is 0 Å². The van der Waals surface area contributed by atoms with Gasteiger partial charge in [-0.3, -0.25) is 9.59 Å². The molecule has 1 aromatic carbocycles. The summed E-state index contributed by atoms with van der Waals surface area (Å²) in [5.41, 5.74) is -0.187. The van der Waals surface area contributed by atoms with Crippen LogP contribution < -0.4 is 10.6 Å². The lowest BCUT2D eigenvalue weighted by Gasteiger charge is -2.08. The Labute approximate surface area is 105 Å². The highest BCUT2D eigenvalue weighted by Crippen LogP contribution is 2.25. The molecule has 0 bridgehead atoms. The number of phenolic OH excluding ortho intramolecular Hbond substituents is 2. The minimum atomic E-state index is -0.616. The van der Waals surface area contributed by atoms with Crippen molar-refractivity contribution >= 4 is 11.8 Å². The Morgan fingerprint density at radius 3 is 2.33 bits per heavy atom. The number of nitrogens with one attached hydrogen (secondary N) is 2. The van der Waals surface area contributed by atoms with Crippen molar-refractivity contribution in [2.45, 2.75) is 13.3 Å². The molecule has 0 aliphatic rings. The Morgan fingerprint density at radius 1 is 1.17 bits per heavy atom. The van der Waals surface area contributed by atoms with Crippen LogP contribution in [0, 0.1) is 0 Å². The van der Waals surface area contributed by atoms with Crippen LogP contribution in [0.1, 0.15) is 23.7 Å². The summed E-state index contributed by atoms with van der Waals surface area (Å²) in [7, 11) is 0. The van der Waals surface area contributed by atoms with E-state index in [9.17, 15) is 19.8 Å². The Morgan fingerprint density at radius 2 is 1.78 bits per heavy atom. The molecule has 1 aromatic rings. The number of hydrogen-bond acceptors (Lipinski definition) is 4. The van der Waals surface area contributed by atoms with E-state index in [1.807, 2.05) is 0 Å². The van der Waals surface area contributed by atoms with Crippen molar-refractivity contribution in [3.05, 3.63) is 23.8 Å². The number of aromatic hydroxyl groups is 2. The molecule has 18 heavy (non-hydrogen) atoms. The molecule has 0 aliphatic heterocycles. The van der Waals surface area contributed by atoms with Gasteiger partial charge in [0.25, 0.3) is 5.91 Å². The van der Waals surface area contributed by atoms with E-state index in [0.29, 0.717) is 6.54 Å². The zero-order valence-corrected chi connectivity index (χ0v) is 10.1. The number of carbonyl (C=O) groups excluding carboxylic acids is 2. The average molecular weight is 252 g/mol. The average Bonchev–Trinajstić information content (AvgIpc) is 2.29. The molecule has 4 N–H and O–H groups in total. The molecular formula is C12H16N2O4. The van der Waals surface area contributed by atoms with E-state index in [2.05, 4.69) is 10.6 Å². The van der Waals surface area contributed by atoms with E-state index in [1.54, 1.807) is 6.92 Å². The number of carbonyl (C=O) groups is 2. The topological polar surface area (TPSA) is 98.7 Å². The maximum Gasteiger partial charge on any atom is 0.258 e. The fraction of sp³-hybridized carbons (Fsp3) is 0.333. The Kier molecular flexibility index (Phi) is 4.98. The normalized spacial score (nSPS) is 9.83. The van der Waals surface area contributed by atoms with Crippen LogP contribution in [-0.2, 0) is 4.79 Å². The number of amides is 2. The molecule has 0 atom stereocenters. The van der Waals surface area contributed by atoms with Gasteiger partial charge in [-0.05, 0) is 19.1 Å². The van der Waals surface area contributed by atoms with Gasteiger partial charge in [0.2, 0.25) is 5.91 Å². The SMILES string of the molecule is CCNC(=O)CCNC(=O)c1c(O)cccc1O. The lowest BCUT2D eigenvalue weighted by atomic mass is 10.1. The Hall–Kier alpha value is -2.24. The molecule has 0 saturated heterocycles. The van der Waals surface area contributed by atoms with Gasteiger partial charge in [-0.1, -0.05) is 6.07 Å². The standard InChI is InChI=1S/C12H16N2O4/c1-2-13-10(17)6-7-14-12(18)11-8(15)4-3-5-9(11)16/h3-5,15-16H,2,6-7H2,1H3,(H,13,17)(H,14,18). The maximum atomic E-state index is 11.7. The van der Waals surface area contributed by atoms with Crippen LogP contribution in [-0.4, -0.2) is 35.1 Å². The van der Waals surface area contributed by atoms with E-state index in [0.717, 1.165) is 0 Å². The Bertz CT molecular complexity index is 425. The number of benzene rings is 1. The van der Waals surface area contributed by atoms with Crippen molar-refractivity contribution in [3.8, 4) is 11.5 Å². The molecule has 0 spiro atoms. The lowest BCUT2D eigenvalue weighted by Crippen LogP contribution is -2.30. The molecule has 2 amide bonds. The zero-order valence-electron chi connectivity index (χ0n) is 10.1. The molecule has 6 nitrogen and oxygen atoms in total. The molecule has 0 fully saturated rings. The van der Waals surface area contributed by atoms with Gasteiger partial charge in [-0.25, -0.2) is 0 Å². The third-order valence-electron chi connectivity index (χ3n) is 2.26. The molecule has 0 aromatic heterocycles. The highest BCUT2D eigenvalue weighted by Gasteiger charge is 2.15. The molecule has 0 heterocycles. The van der Waals surface area contributed by atoms with Crippen molar-refractivity contribution in [2.75, 3.05) is 13.1 Å². The van der Waals surface area contributed by atoms with Crippen LogP contribution in [0.15, 0.2) is 18.2 Å². The van der Waals surface area contributed by atoms with Crippen LogP contribution in [0.4, 0.5) is 0 Å². The van der Waals surface area contributed by atoms with E-state index in [1.165, 1.54) is 18.2 Å². The van der Waals surface area contributed by atoms with Gasteiger partial charge in [0.15, 0.2) is 0 Å². The van der Waals surface area contributed by atoms with Gasteiger partial charge in [0, 0.05) is 19.5 Å². The van der Waals surface area contributed by atoms with Crippen LogP contribution in [0.2, 0.25) is 0 Å². The van der Waals surface area contributed by atoms with Crippen molar-refractivity contribution in [3.63, 3.8) is 0 Å². The highest BCUT2D eigenvalue weighted by atomic mass is 16.3. The summed E-state index contributed by atoms with van der Waals surface area (Å²) in [5.74, 6) is -1.38. The highest BCUT2D eigenvalue weighted by molar-refractivity contribution is 5.99. The summed E-state index contributed by atoms with van der Waals surface area (Å²) in [4.78, 5) is 22.8. The molecule has 0 unspecified atom stereocenters. The summed E-state index contributed by atoms with van der Waals surface area (Å²) in [5, 5.41) is 24.0. The summed E-state index contributed by atoms with van der Waals surface area (Å²) in [6.07, 6.45) is 0.147. The fourth-order valence-electron chi connectivity index (χ4n) is 1.42. The van der Waals surface area contributed by atoms with Gasteiger partial charge in [0.1, 0.15) is 17.1 Å². The van der Waals surface area contributed by atoms with E-state index < -0.39 is 5.91 Å². The van der Waals surface area contributed by atoms with Gasteiger partial charge in [-0.2, -0.15) is 0 Å². The molecule has 98 valence electrons. The van der Waals surface area contributed by atoms with Crippen molar-refractivity contribution in [1.29, 1.82) is 0 Å². The molecule has 1 rings (SSSR count). The molecule has 6 heteroatoms. The van der Waals surface area contributed by atoms with Gasteiger partial charge < -0.3 is 20.8 Å². The third-order valence-corrected chi connectivity index (χ3v) is 2.26. The van der Waals surface area contributed by atoms with Crippen molar-refractivity contribution < 1.29 is 19.8 Å². The van der Waals surface area contributed by atoms with Crippen molar-refractivity contribution in [2.24, 2.45) is 0 Å². The van der Waals surface area contributed by atoms with E-state index >= 15 is 0 Å². The zero-order chi connectivity index (χ0) is 13.5. The number of phenols is 2. The second-order valence-electron chi connectivity index (χ2n) is 3.63. The fourth-order valence-corrected chi connectivity index (χ4v) is 1.42. The van der Waals surface area contributed by atoms with Gasteiger partial charge >= 0.3 is 0 Å². The second kappa shape index (κ2) is 6.48. The second-order valence-corrected chi connectivity index (χ2v) is 3.63. The third kappa shape index (κ3) is 3.65. The van der Waals surface area contributed by atoms with Crippen LogP contribution in [0.5, 0.6) is 11.5 Å². The Balaban J connectivity index is 2.53. The largest absolute Gasteiger partial charge is 0.507 e. The first-order chi connectivity index (χ1) is 8.56. The predicted octanol–water partition coefficient (Wildman–Crippen LogP) is 0.354. The van der Waals surface area contributed by atoms with Crippen LogP contribution >= 0.6 is 0 Å². The van der Waals surface area contributed by atoms with Gasteiger partial charge in [0.05, 0.1) is 0 Å². The summed E-state index contributed by atoms with van der Waals surface area (Å²) in [6.45, 7) is 2.47. The molecular weight excluding hydrogens is 236 g/mol. The predicted molar refractivity (Wildman–Crippen MR) is 65.4 cm³/mol. The minimum Gasteiger partial charge on any atom is -0.507 e. The molecule has 0 aliphatic carbocycles. The first-order valence-electron chi connectivity index (χ1n) is 5.62. The van der Waals surface area contributed by atoms with Crippen LogP contribution in [0.3, 0.4) is 0 Å². The number of rotatable bonds is 5. The molecule has 0 saturated carbocycles. The number of hydrogen-bond donors (Lipinski definition) is 4. The smallest absolute Gasteiger partial charge is 0.258 e. The first-order valence-corrected chi connectivity index (χ1v) is 5.62. The monoisotopic (exact) mass is 252 g/mol. The summed E-state index contributed by atoms with van der Waals surface area (Å²) in [6, 6.07) is 4.03. The van der Waals surface area contributed by atoms with Crippen LogP contribution in [0.25, 0.3) is 0 Å². The summed E-state index contributed by atoms with van der Waals surface area (Å²) < 4.78 is 0. The lowest BCUT2D eigenvalue weighted by molar-refractivity contribution is -0.120. The quantitative estimate of drug-likeness (QED) is 0.608. The summed E-state index contributed by atoms with van der Waals surface area (Å²) >= 11 is 0. The van der Waals surface area contributed by atoms with E-state index in [-0.39, 0.29) is 35.9 Å². The first kappa shape index (κ1) is 13.8. The maximum absolute atomic E-state index is 11.7. The minimum absolute atomic E-state index is 0.137.